The van der Waals surface area contributed by atoms with Crippen LogP contribution in [0.4, 0.5) is 5.69 Å². The molecule has 0 amide bonds. The summed E-state index contributed by atoms with van der Waals surface area (Å²) in [5.74, 6) is 0. The topological polar surface area (TPSA) is 50.9 Å². The quantitative estimate of drug-likeness (QED) is 0.303. The molecule has 0 fully saturated rings. The van der Waals surface area contributed by atoms with Gasteiger partial charge in [0.2, 0.25) is 0 Å². The van der Waals surface area contributed by atoms with Crippen molar-refractivity contribution >= 4 is 43.9 Å². The van der Waals surface area contributed by atoms with Gasteiger partial charge in [-0.25, -0.2) is 4.98 Å². The summed E-state index contributed by atoms with van der Waals surface area (Å²) >= 11 is 5.17. The standard InChI is InChI=1S/C22H20BrN3S/c23-19-4-1-15(2-5-19)7-9-25-13-18-11-16-3-6-20(24)12-21(16)26-22(18)17-8-10-27-14-17/h1-6,8,10-12,14,25H,7,9,13,24H2. The van der Waals surface area contributed by atoms with Crippen molar-refractivity contribution in [2.45, 2.75) is 13.0 Å². The highest BCUT2D eigenvalue weighted by molar-refractivity contribution is 9.10. The zero-order valence-corrected chi connectivity index (χ0v) is 17.2. The number of hydrogen-bond acceptors (Lipinski definition) is 4. The number of nitrogen functional groups attached to an aromatic ring is 1. The second-order valence-corrected chi connectivity index (χ2v) is 8.21. The number of nitrogens with two attached hydrogens (primary N) is 1. The monoisotopic (exact) mass is 437 g/mol. The number of hydrogen-bond donors (Lipinski definition) is 2. The Kier molecular flexibility index (Phi) is 5.53. The zero-order valence-electron chi connectivity index (χ0n) is 14.8. The highest BCUT2D eigenvalue weighted by atomic mass is 79.9. The summed E-state index contributed by atoms with van der Waals surface area (Å²) in [5.41, 5.74) is 12.4. The second-order valence-electron chi connectivity index (χ2n) is 6.51. The lowest BCUT2D eigenvalue weighted by atomic mass is 10.0. The molecular formula is C22H20BrN3S. The third-order valence-corrected chi connectivity index (χ3v) is 5.75. The molecule has 0 unspecified atom stereocenters. The fourth-order valence-corrected chi connectivity index (χ4v) is 4.02. The normalized spacial score (nSPS) is 11.1. The molecule has 4 aromatic rings. The van der Waals surface area contributed by atoms with E-state index in [0.29, 0.717) is 0 Å². The average Bonchev–Trinajstić information content (AvgIpc) is 3.20. The second kappa shape index (κ2) is 8.21. The molecule has 136 valence electrons. The first-order valence-electron chi connectivity index (χ1n) is 8.86. The predicted molar refractivity (Wildman–Crippen MR) is 119 cm³/mol. The van der Waals surface area contributed by atoms with Crippen LogP contribution >= 0.6 is 27.3 Å². The maximum Gasteiger partial charge on any atom is 0.0763 e. The van der Waals surface area contributed by atoms with Gasteiger partial charge in [-0.05, 0) is 65.9 Å². The van der Waals surface area contributed by atoms with Crippen LogP contribution in [0.15, 0.2) is 69.8 Å². The minimum atomic E-state index is 0.742. The molecule has 0 bridgehead atoms. The average molecular weight is 438 g/mol. The number of nitrogens with zero attached hydrogens (tertiary/aromatic N) is 1. The van der Waals surface area contributed by atoms with Gasteiger partial charge in [0.05, 0.1) is 11.2 Å². The molecule has 5 heteroatoms. The molecule has 0 aliphatic rings. The highest BCUT2D eigenvalue weighted by Gasteiger charge is 2.10. The first-order valence-corrected chi connectivity index (χ1v) is 10.6. The zero-order chi connectivity index (χ0) is 18.6. The summed E-state index contributed by atoms with van der Waals surface area (Å²) < 4.78 is 1.11. The Morgan fingerprint density at radius 1 is 1.04 bits per heavy atom. The summed E-state index contributed by atoms with van der Waals surface area (Å²) in [6.07, 6.45) is 0.999. The molecule has 0 saturated carbocycles. The van der Waals surface area contributed by atoms with E-state index in [2.05, 4.69) is 68.4 Å². The SMILES string of the molecule is Nc1ccc2cc(CNCCc3ccc(Br)cc3)c(-c3ccsc3)nc2c1. The van der Waals surface area contributed by atoms with Crippen LogP contribution in [0.25, 0.3) is 22.2 Å². The van der Waals surface area contributed by atoms with Gasteiger partial charge < -0.3 is 11.1 Å². The number of pyridine rings is 1. The minimum absolute atomic E-state index is 0.742. The molecule has 0 saturated heterocycles. The molecule has 0 spiro atoms. The molecule has 2 heterocycles. The van der Waals surface area contributed by atoms with Crippen molar-refractivity contribution in [2.75, 3.05) is 12.3 Å². The van der Waals surface area contributed by atoms with Crippen molar-refractivity contribution in [3.8, 4) is 11.3 Å². The van der Waals surface area contributed by atoms with Gasteiger partial charge in [-0.2, -0.15) is 11.3 Å². The van der Waals surface area contributed by atoms with E-state index in [1.54, 1.807) is 11.3 Å². The number of benzene rings is 2. The van der Waals surface area contributed by atoms with Crippen molar-refractivity contribution in [3.05, 3.63) is 81.0 Å². The van der Waals surface area contributed by atoms with Crippen LogP contribution in [0.2, 0.25) is 0 Å². The Morgan fingerprint density at radius 2 is 1.89 bits per heavy atom. The summed E-state index contributed by atoms with van der Waals surface area (Å²) in [5, 5.41) is 8.92. The van der Waals surface area contributed by atoms with Crippen LogP contribution in [0.1, 0.15) is 11.1 Å². The Balaban J connectivity index is 1.53. The maximum absolute atomic E-state index is 5.94. The number of rotatable bonds is 6. The highest BCUT2D eigenvalue weighted by Crippen LogP contribution is 2.28. The molecule has 4 rings (SSSR count). The molecule has 2 aromatic heterocycles. The molecule has 0 radical (unpaired) electrons. The molecular weight excluding hydrogens is 418 g/mol. The van der Waals surface area contributed by atoms with Gasteiger partial charge >= 0.3 is 0 Å². The summed E-state index contributed by atoms with van der Waals surface area (Å²) in [6, 6.07) is 18.7. The smallest absolute Gasteiger partial charge is 0.0763 e. The minimum Gasteiger partial charge on any atom is -0.399 e. The van der Waals surface area contributed by atoms with E-state index in [-0.39, 0.29) is 0 Å². The van der Waals surface area contributed by atoms with Crippen LogP contribution in [-0.2, 0) is 13.0 Å². The fraction of sp³-hybridized carbons (Fsp3) is 0.136. The number of fused-ring (bicyclic) bond motifs is 1. The third-order valence-electron chi connectivity index (χ3n) is 4.53. The molecule has 2 aromatic carbocycles. The van der Waals surface area contributed by atoms with E-state index in [1.165, 1.54) is 11.1 Å². The van der Waals surface area contributed by atoms with E-state index < -0.39 is 0 Å². The summed E-state index contributed by atoms with van der Waals surface area (Å²) in [6.45, 7) is 1.71. The molecule has 3 nitrogen and oxygen atoms in total. The van der Waals surface area contributed by atoms with Crippen LogP contribution < -0.4 is 11.1 Å². The fourth-order valence-electron chi connectivity index (χ4n) is 3.12. The van der Waals surface area contributed by atoms with Gasteiger partial charge in [0.15, 0.2) is 0 Å². The van der Waals surface area contributed by atoms with Crippen molar-refractivity contribution < 1.29 is 0 Å². The van der Waals surface area contributed by atoms with Crippen molar-refractivity contribution in [1.29, 1.82) is 0 Å². The van der Waals surface area contributed by atoms with Gasteiger partial charge in [-0.15, -0.1) is 0 Å². The lowest BCUT2D eigenvalue weighted by molar-refractivity contribution is 0.687. The number of nitrogens with one attached hydrogen (secondary N) is 1. The lowest BCUT2D eigenvalue weighted by Gasteiger charge is -2.12. The number of halogens is 1. The Hall–Kier alpha value is -2.21. The number of aromatic nitrogens is 1. The van der Waals surface area contributed by atoms with Crippen LogP contribution in [0.5, 0.6) is 0 Å². The van der Waals surface area contributed by atoms with Crippen molar-refractivity contribution in [3.63, 3.8) is 0 Å². The van der Waals surface area contributed by atoms with E-state index >= 15 is 0 Å². The Bertz CT molecular complexity index is 1040. The van der Waals surface area contributed by atoms with Gasteiger partial charge in [0, 0.05) is 33.0 Å². The third kappa shape index (κ3) is 4.38. The Morgan fingerprint density at radius 3 is 2.67 bits per heavy atom. The first kappa shape index (κ1) is 18.2. The van der Waals surface area contributed by atoms with E-state index in [0.717, 1.165) is 51.8 Å². The van der Waals surface area contributed by atoms with Gasteiger partial charge in [-0.1, -0.05) is 34.1 Å². The van der Waals surface area contributed by atoms with Crippen LogP contribution in [0, 0.1) is 0 Å². The molecule has 0 atom stereocenters. The summed E-state index contributed by atoms with van der Waals surface area (Å²) in [7, 11) is 0. The predicted octanol–water partition coefficient (Wildman–Crippen LogP) is 5.64. The number of anilines is 1. The first-order chi connectivity index (χ1) is 13.2. The maximum atomic E-state index is 5.94. The number of thiophene rings is 1. The van der Waals surface area contributed by atoms with Gasteiger partial charge in [0.1, 0.15) is 0 Å². The van der Waals surface area contributed by atoms with Crippen molar-refractivity contribution in [1.82, 2.24) is 10.3 Å². The van der Waals surface area contributed by atoms with Crippen molar-refractivity contribution in [2.24, 2.45) is 0 Å². The van der Waals surface area contributed by atoms with E-state index in [4.69, 9.17) is 10.7 Å². The largest absolute Gasteiger partial charge is 0.399 e. The van der Waals surface area contributed by atoms with E-state index in [9.17, 15) is 0 Å². The van der Waals surface area contributed by atoms with Crippen LogP contribution in [-0.4, -0.2) is 11.5 Å². The molecule has 0 aliphatic heterocycles. The van der Waals surface area contributed by atoms with E-state index in [1.807, 2.05) is 18.2 Å². The molecule has 0 aliphatic carbocycles. The van der Waals surface area contributed by atoms with Crippen LogP contribution in [0.3, 0.4) is 0 Å². The summed E-state index contributed by atoms with van der Waals surface area (Å²) in [4.78, 5) is 4.91. The lowest BCUT2D eigenvalue weighted by Crippen LogP contribution is -2.17. The molecule has 3 N–H and O–H groups in total. The Labute approximate surface area is 171 Å². The van der Waals surface area contributed by atoms with Gasteiger partial charge in [0.25, 0.3) is 0 Å². The molecule has 27 heavy (non-hydrogen) atoms. The van der Waals surface area contributed by atoms with Gasteiger partial charge in [-0.3, -0.25) is 0 Å².